The quantitative estimate of drug-likeness (QED) is 0.545. The summed E-state index contributed by atoms with van der Waals surface area (Å²) in [7, 11) is 0. The standard InChI is InChI=1S/C10H7ClF4/c1-2-9(12,13)10(14,15)7-3-5-8(11)6-4-7/h2-6H,1H2. The molecule has 0 amide bonds. The van der Waals surface area contributed by atoms with Crippen LogP contribution in [0.4, 0.5) is 17.6 Å². The Balaban J connectivity index is 3.16. The number of allylic oxidation sites excluding steroid dienone is 1. The number of halogens is 5. The Morgan fingerprint density at radius 2 is 1.53 bits per heavy atom. The molecule has 0 fully saturated rings. The predicted octanol–water partition coefficient (Wildman–Crippen LogP) is 4.25. The first-order chi connectivity index (χ1) is 6.81. The molecule has 1 aromatic rings. The summed E-state index contributed by atoms with van der Waals surface area (Å²) in [6.45, 7) is 2.69. The Morgan fingerprint density at radius 1 is 1.07 bits per heavy atom. The Bertz CT molecular complexity index is 356. The predicted molar refractivity (Wildman–Crippen MR) is 50.5 cm³/mol. The largest absolute Gasteiger partial charge is 0.339 e. The number of hydrogen-bond acceptors (Lipinski definition) is 0. The van der Waals surface area contributed by atoms with Gasteiger partial charge in [-0.25, -0.2) is 0 Å². The summed E-state index contributed by atoms with van der Waals surface area (Å²) in [4.78, 5) is 0. The first-order valence-corrected chi connectivity index (χ1v) is 4.34. The van der Waals surface area contributed by atoms with Crippen LogP contribution < -0.4 is 0 Å². The van der Waals surface area contributed by atoms with E-state index in [9.17, 15) is 17.6 Å². The van der Waals surface area contributed by atoms with Crippen molar-refractivity contribution in [3.8, 4) is 0 Å². The number of benzene rings is 1. The maximum atomic E-state index is 13.2. The third-order valence-corrected chi connectivity index (χ3v) is 2.13. The molecule has 0 radical (unpaired) electrons. The monoisotopic (exact) mass is 238 g/mol. The lowest BCUT2D eigenvalue weighted by molar-refractivity contribution is -0.186. The van der Waals surface area contributed by atoms with Crippen LogP contribution in [0.15, 0.2) is 36.9 Å². The third kappa shape index (κ3) is 2.15. The van der Waals surface area contributed by atoms with Crippen molar-refractivity contribution in [2.45, 2.75) is 11.8 Å². The van der Waals surface area contributed by atoms with E-state index in [1.807, 2.05) is 0 Å². The fourth-order valence-electron chi connectivity index (χ4n) is 0.980. The molecule has 0 aromatic heterocycles. The van der Waals surface area contributed by atoms with Gasteiger partial charge in [-0.15, -0.1) is 0 Å². The SMILES string of the molecule is C=CC(F)(F)C(F)(F)c1ccc(Cl)cc1. The second-order valence-corrected chi connectivity index (χ2v) is 3.34. The Labute approximate surface area is 89.2 Å². The van der Waals surface area contributed by atoms with E-state index in [-0.39, 0.29) is 11.1 Å². The lowest BCUT2D eigenvalue weighted by atomic mass is 10.0. The lowest BCUT2D eigenvalue weighted by Crippen LogP contribution is -2.35. The minimum Gasteiger partial charge on any atom is -0.195 e. The van der Waals surface area contributed by atoms with E-state index in [0.29, 0.717) is 0 Å². The molecule has 0 saturated carbocycles. The molecular formula is C10H7ClF4. The normalized spacial score (nSPS) is 12.6. The Hall–Kier alpha value is -1.03. The van der Waals surface area contributed by atoms with Gasteiger partial charge in [-0.2, -0.15) is 17.6 Å². The summed E-state index contributed by atoms with van der Waals surface area (Å²) in [5, 5.41) is 0.205. The van der Waals surface area contributed by atoms with Crippen LogP contribution in [0.5, 0.6) is 0 Å². The first kappa shape index (κ1) is 12.0. The summed E-state index contributed by atoms with van der Waals surface area (Å²) in [6.07, 6.45) is -0.0679. The van der Waals surface area contributed by atoms with Crippen molar-refractivity contribution in [1.82, 2.24) is 0 Å². The number of alkyl halides is 4. The van der Waals surface area contributed by atoms with E-state index in [1.54, 1.807) is 0 Å². The molecule has 0 nitrogen and oxygen atoms in total. The molecular weight excluding hydrogens is 232 g/mol. The van der Waals surface area contributed by atoms with Gasteiger partial charge >= 0.3 is 11.8 Å². The molecule has 0 aliphatic carbocycles. The number of rotatable bonds is 3. The second-order valence-electron chi connectivity index (χ2n) is 2.91. The third-order valence-electron chi connectivity index (χ3n) is 1.88. The minimum absolute atomic E-state index is 0.0679. The van der Waals surface area contributed by atoms with E-state index in [0.717, 1.165) is 24.3 Å². The van der Waals surface area contributed by atoms with Gasteiger partial charge in [-0.3, -0.25) is 0 Å². The van der Waals surface area contributed by atoms with Crippen molar-refractivity contribution in [2.75, 3.05) is 0 Å². The minimum atomic E-state index is -4.28. The van der Waals surface area contributed by atoms with Crippen LogP contribution in [-0.2, 0) is 5.92 Å². The smallest absolute Gasteiger partial charge is 0.195 e. The zero-order chi connectivity index (χ0) is 11.7. The van der Waals surface area contributed by atoms with E-state index in [2.05, 4.69) is 6.58 Å². The van der Waals surface area contributed by atoms with Crippen molar-refractivity contribution in [1.29, 1.82) is 0 Å². The summed E-state index contributed by atoms with van der Waals surface area (Å²) in [5.74, 6) is -8.56. The van der Waals surface area contributed by atoms with E-state index in [1.165, 1.54) is 0 Å². The van der Waals surface area contributed by atoms with Crippen molar-refractivity contribution in [2.24, 2.45) is 0 Å². The molecule has 0 unspecified atom stereocenters. The molecule has 5 heteroatoms. The average molecular weight is 239 g/mol. The van der Waals surface area contributed by atoms with Crippen LogP contribution in [0.25, 0.3) is 0 Å². The highest BCUT2D eigenvalue weighted by Crippen LogP contribution is 2.43. The van der Waals surface area contributed by atoms with Crippen molar-refractivity contribution in [3.05, 3.63) is 47.5 Å². The van der Waals surface area contributed by atoms with Crippen LogP contribution in [0, 0.1) is 0 Å². The molecule has 0 heterocycles. The van der Waals surface area contributed by atoms with E-state index < -0.39 is 17.4 Å². The molecule has 1 aromatic carbocycles. The molecule has 82 valence electrons. The summed E-state index contributed by atoms with van der Waals surface area (Å²) < 4.78 is 52.0. The Kier molecular flexibility index (Phi) is 3.09. The summed E-state index contributed by atoms with van der Waals surface area (Å²) >= 11 is 5.46. The zero-order valence-electron chi connectivity index (χ0n) is 7.48. The topological polar surface area (TPSA) is 0 Å². The second kappa shape index (κ2) is 3.85. The molecule has 0 atom stereocenters. The first-order valence-electron chi connectivity index (χ1n) is 3.96. The molecule has 15 heavy (non-hydrogen) atoms. The van der Waals surface area contributed by atoms with Crippen LogP contribution >= 0.6 is 11.6 Å². The van der Waals surface area contributed by atoms with Crippen molar-refractivity contribution in [3.63, 3.8) is 0 Å². The van der Waals surface area contributed by atoms with Gasteiger partial charge in [0.15, 0.2) is 0 Å². The van der Waals surface area contributed by atoms with E-state index >= 15 is 0 Å². The van der Waals surface area contributed by atoms with Crippen LogP contribution in [0.1, 0.15) is 5.56 Å². The highest BCUT2D eigenvalue weighted by atomic mass is 35.5. The van der Waals surface area contributed by atoms with E-state index in [4.69, 9.17) is 11.6 Å². The number of hydrogen-bond donors (Lipinski definition) is 0. The Morgan fingerprint density at radius 3 is 1.93 bits per heavy atom. The summed E-state index contributed by atoms with van der Waals surface area (Å²) in [5.41, 5.74) is -0.795. The van der Waals surface area contributed by atoms with Gasteiger partial charge in [0.1, 0.15) is 0 Å². The van der Waals surface area contributed by atoms with Crippen molar-refractivity contribution >= 4 is 11.6 Å². The fourth-order valence-corrected chi connectivity index (χ4v) is 1.11. The average Bonchev–Trinajstić information content (AvgIpc) is 2.18. The highest BCUT2D eigenvalue weighted by molar-refractivity contribution is 6.30. The maximum absolute atomic E-state index is 13.2. The molecule has 1 rings (SSSR count). The van der Waals surface area contributed by atoms with Gasteiger partial charge in [0, 0.05) is 10.6 Å². The van der Waals surface area contributed by atoms with Gasteiger partial charge in [-0.1, -0.05) is 30.3 Å². The lowest BCUT2D eigenvalue weighted by Gasteiger charge is -2.23. The van der Waals surface area contributed by atoms with Crippen LogP contribution in [0.3, 0.4) is 0 Å². The van der Waals surface area contributed by atoms with Gasteiger partial charge in [0.25, 0.3) is 0 Å². The molecule has 0 aliphatic rings. The van der Waals surface area contributed by atoms with Gasteiger partial charge in [0.2, 0.25) is 0 Å². The van der Waals surface area contributed by atoms with Gasteiger partial charge in [0.05, 0.1) is 0 Å². The van der Waals surface area contributed by atoms with Crippen LogP contribution in [0.2, 0.25) is 5.02 Å². The molecule has 0 spiro atoms. The molecule has 0 N–H and O–H groups in total. The molecule has 0 bridgehead atoms. The molecule has 0 saturated heterocycles. The maximum Gasteiger partial charge on any atom is 0.339 e. The fraction of sp³-hybridized carbons (Fsp3) is 0.200. The van der Waals surface area contributed by atoms with Gasteiger partial charge < -0.3 is 0 Å². The summed E-state index contributed by atoms with van der Waals surface area (Å²) in [6, 6.07) is 3.98. The highest BCUT2D eigenvalue weighted by Gasteiger charge is 2.55. The van der Waals surface area contributed by atoms with Gasteiger partial charge in [-0.05, 0) is 18.2 Å². The van der Waals surface area contributed by atoms with Crippen molar-refractivity contribution < 1.29 is 17.6 Å². The zero-order valence-corrected chi connectivity index (χ0v) is 8.24. The van der Waals surface area contributed by atoms with Crippen LogP contribution in [-0.4, -0.2) is 5.92 Å². The molecule has 0 aliphatic heterocycles.